The molecule has 2 saturated heterocycles. The van der Waals surface area contributed by atoms with Crippen LogP contribution in [-0.2, 0) is 11.2 Å². The number of carbonyl (C=O) groups excluding carboxylic acids is 1. The number of hydrogen-bond acceptors (Lipinski definition) is 5. The first-order valence-electron chi connectivity index (χ1n) is 10.5. The summed E-state index contributed by atoms with van der Waals surface area (Å²) in [7, 11) is 0. The van der Waals surface area contributed by atoms with Gasteiger partial charge in [0.15, 0.2) is 0 Å². The molecule has 3 aliphatic rings. The number of pyridine rings is 1. The van der Waals surface area contributed by atoms with Gasteiger partial charge in [-0.25, -0.2) is 4.98 Å². The van der Waals surface area contributed by atoms with Gasteiger partial charge in [-0.1, -0.05) is 24.3 Å². The third kappa shape index (κ3) is 3.36. The Balaban J connectivity index is 1.21. The second-order valence-corrected chi connectivity index (χ2v) is 8.28. The van der Waals surface area contributed by atoms with Gasteiger partial charge in [-0.15, -0.1) is 0 Å². The van der Waals surface area contributed by atoms with E-state index in [1.54, 1.807) is 6.20 Å². The molecule has 3 unspecified atom stereocenters. The van der Waals surface area contributed by atoms with Gasteiger partial charge >= 0.3 is 0 Å². The van der Waals surface area contributed by atoms with Crippen LogP contribution in [0.5, 0.6) is 0 Å². The van der Waals surface area contributed by atoms with Crippen molar-refractivity contribution in [3.8, 4) is 6.07 Å². The van der Waals surface area contributed by atoms with Gasteiger partial charge in [-0.05, 0) is 48.9 Å². The van der Waals surface area contributed by atoms with Crippen molar-refractivity contribution in [1.29, 1.82) is 5.26 Å². The molecule has 1 amide bonds. The summed E-state index contributed by atoms with van der Waals surface area (Å²) in [5.74, 6) is 1.11. The summed E-state index contributed by atoms with van der Waals surface area (Å²) in [5.41, 5.74) is 3.32. The molecule has 0 saturated carbocycles. The molecular weight excluding hydrogens is 362 g/mol. The fourth-order valence-electron chi connectivity index (χ4n) is 5.18. The van der Waals surface area contributed by atoms with Crippen molar-refractivity contribution in [3.63, 3.8) is 0 Å². The van der Waals surface area contributed by atoms with E-state index in [2.05, 4.69) is 45.5 Å². The van der Waals surface area contributed by atoms with Crippen molar-refractivity contribution in [1.82, 2.24) is 15.2 Å². The van der Waals surface area contributed by atoms with E-state index in [1.807, 2.05) is 17.0 Å². The van der Waals surface area contributed by atoms with Crippen LogP contribution in [0.1, 0.15) is 42.0 Å². The molecule has 0 radical (unpaired) electrons. The monoisotopic (exact) mass is 387 g/mol. The smallest absolute Gasteiger partial charge is 0.236 e. The second kappa shape index (κ2) is 7.49. The highest BCUT2D eigenvalue weighted by atomic mass is 16.2. The van der Waals surface area contributed by atoms with Crippen LogP contribution in [-0.4, -0.2) is 47.5 Å². The number of nitrogens with zero attached hydrogens (tertiary/aromatic N) is 4. The largest absolute Gasteiger partial charge is 0.347 e. The summed E-state index contributed by atoms with van der Waals surface area (Å²) < 4.78 is 0. The van der Waals surface area contributed by atoms with Crippen molar-refractivity contribution in [2.45, 2.75) is 43.8 Å². The van der Waals surface area contributed by atoms with Gasteiger partial charge in [0.1, 0.15) is 11.9 Å². The highest BCUT2D eigenvalue weighted by molar-refractivity contribution is 5.79. The number of fused-ring (bicyclic) bond motifs is 3. The summed E-state index contributed by atoms with van der Waals surface area (Å²) >= 11 is 0. The van der Waals surface area contributed by atoms with Crippen LogP contribution in [0.2, 0.25) is 0 Å². The number of nitrogens with one attached hydrogen (secondary N) is 1. The lowest BCUT2D eigenvalue weighted by atomic mass is 10.1. The number of aryl methyl sites for hydroxylation is 1. The van der Waals surface area contributed by atoms with Gasteiger partial charge in [0, 0.05) is 37.4 Å². The molecule has 6 heteroatoms. The Hall–Kier alpha value is -2.91. The van der Waals surface area contributed by atoms with Gasteiger partial charge in [-0.2, -0.15) is 5.26 Å². The molecule has 1 aromatic heterocycles. The van der Waals surface area contributed by atoms with Gasteiger partial charge in [0.2, 0.25) is 5.91 Å². The van der Waals surface area contributed by atoms with E-state index >= 15 is 0 Å². The molecular formula is C23H25N5O. The zero-order valence-electron chi connectivity index (χ0n) is 16.4. The molecule has 3 atom stereocenters. The topological polar surface area (TPSA) is 72.3 Å². The van der Waals surface area contributed by atoms with Crippen LogP contribution >= 0.6 is 0 Å². The van der Waals surface area contributed by atoms with Crippen molar-refractivity contribution in [2.75, 3.05) is 24.5 Å². The quantitative estimate of drug-likeness (QED) is 0.872. The Bertz CT molecular complexity index is 936. The number of nitriles is 1. The normalized spacial score (nSPS) is 25.0. The predicted octanol–water partition coefficient (Wildman–Crippen LogP) is 2.41. The molecule has 6 nitrogen and oxygen atoms in total. The highest BCUT2D eigenvalue weighted by Crippen LogP contribution is 2.34. The first-order valence-corrected chi connectivity index (χ1v) is 10.5. The number of hydrogen-bond donors (Lipinski definition) is 1. The van der Waals surface area contributed by atoms with Crippen molar-refractivity contribution >= 4 is 11.7 Å². The molecule has 0 spiro atoms. The number of piperazine rings is 1. The third-order valence-corrected chi connectivity index (χ3v) is 6.61. The number of rotatable bonds is 4. The molecule has 1 aliphatic carbocycles. The molecule has 2 aliphatic heterocycles. The number of amides is 1. The molecule has 148 valence electrons. The lowest BCUT2D eigenvalue weighted by Crippen LogP contribution is -2.57. The second-order valence-electron chi connectivity index (χ2n) is 8.28. The molecule has 5 rings (SSSR count). The Labute approximate surface area is 171 Å². The van der Waals surface area contributed by atoms with E-state index in [0.717, 1.165) is 44.6 Å². The fourth-order valence-corrected chi connectivity index (χ4v) is 5.18. The average Bonchev–Trinajstić information content (AvgIpc) is 3.29. The van der Waals surface area contributed by atoms with Crippen LogP contribution in [0.4, 0.5) is 5.82 Å². The maximum absolute atomic E-state index is 12.9. The summed E-state index contributed by atoms with van der Waals surface area (Å²) in [5, 5.41) is 12.5. The zero-order valence-corrected chi connectivity index (χ0v) is 16.4. The molecule has 1 aromatic carbocycles. The van der Waals surface area contributed by atoms with Crippen LogP contribution in [0.3, 0.4) is 0 Å². The van der Waals surface area contributed by atoms with Crippen LogP contribution in [0.25, 0.3) is 0 Å². The van der Waals surface area contributed by atoms with Gasteiger partial charge in [0.05, 0.1) is 12.1 Å². The molecule has 2 aromatic rings. The minimum atomic E-state index is 0.193. The van der Waals surface area contributed by atoms with Crippen LogP contribution < -0.4 is 10.2 Å². The van der Waals surface area contributed by atoms with E-state index in [0.29, 0.717) is 24.2 Å². The number of anilines is 1. The fraction of sp³-hybridized carbons (Fsp3) is 0.435. The molecule has 2 bridgehead atoms. The number of carbonyl (C=O) groups is 1. The Morgan fingerprint density at radius 1 is 1.14 bits per heavy atom. The Morgan fingerprint density at radius 3 is 2.66 bits per heavy atom. The Morgan fingerprint density at radius 2 is 1.93 bits per heavy atom. The van der Waals surface area contributed by atoms with E-state index in [-0.39, 0.29) is 11.9 Å². The summed E-state index contributed by atoms with van der Waals surface area (Å²) in [4.78, 5) is 21.8. The minimum Gasteiger partial charge on any atom is -0.347 e. The predicted molar refractivity (Wildman–Crippen MR) is 110 cm³/mol. The lowest BCUT2D eigenvalue weighted by molar-refractivity contribution is -0.131. The standard InChI is InChI=1S/C23H25N5O/c24-11-16-5-10-22(26-12-16)28-18-7-8-19(28)15-27(14-18)23(29)13-25-21-9-6-17-3-1-2-4-20(17)21/h1-5,10,12,18-19,21,25H,6-9,13-15H2. The highest BCUT2D eigenvalue weighted by Gasteiger charge is 2.41. The Kier molecular flexibility index (Phi) is 4.69. The molecule has 3 heterocycles. The van der Waals surface area contributed by atoms with Crippen molar-refractivity contribution in [3.05, 3.63) is 59.3 Å². The maximum atomic E-state index is 12.9. The summed E-state index contributed by atoms with van der Waals surface area (Å²) in [6.45, 7) is 1.90. The van der Waals surface area contributed by atoms with Gasteiger partial charge in [0.25, 0.3) is 0 Å². The number of likely N-dealkylation sites (tertiary alicyclic amines) is 1. The molecule has 29 heavy (non-hydrogen) atoms. The SMILES string of the molecule is N#Cc1ccc(N2C3CCC2CN(C(=O)CNC2CCc4ccccc42)C3)nc1. The van der Waals surface area contributed by atoms with Crippen LogP contribution in [0, 0.1) is 11.3 Å². The van der Waals surface area contributed by atoms with Crippen molar-refractivity contribution < 1.29 is 4.79 Å². The molecule has 1 N–H and O–H groups in total. The van der Waals surface area contributed by atoms with Gasteiger partial charge in [-0.3, -0.25) is 4.79 Å². The number of aromatic nitrogens is 1. The number of benzene rings is 1. The summed E-state index contributed by atoms with van der Waals surface area (Å²) in [6, 6.07) is 15.3. The first kappa shape index (κ1) is 18.1. The lowest BCUT2D eigenvalue weighted by Gasteiger charge is -2.42. The van der Waals surface area contributed by atoms with Gasteiger partial charge < -0.3 is 15.1 Å². The van der Waals surface area contributed by atoms with Crippen molar-refractivity contribution in [2.24, 2.45) is 0 Å². The third-order valence-electron chi connectivity index (χ3n) is 6.61. The average molecular weight is 387 g/mol. The minimum absolute atomic E-state index is 0.193. The van der Waals surface area contributed by atoms with Crippen LogP contribution in [0.15, 0.2) is 42.6 Å². The first-order chi connectivity index (χ1) is 14.2. The van der Waals surface area contributed by atoms with E-state index in [9.17, 15) is 4.79 Å². The molecule has 2 fully saturated rings. The summed E-state index contributed by atoms with van der Waals surface area (Å²) in [6.07, 6.45) is 5.95. The zero-order chi connectivity index (χ0) is 19.8. The van der Waals surface area contributed by atoms with E-state index in [1.165, 1.54) is 11.1 Å². The van der Waals surface area contributed by atoms with E-state index < -0.39 is 0 Å². The van der Waals surface area contributed by atoms with E-state index in [4.69, 9.17) is 5.26 Å². The maximum Gasteiger partial charge on any atom is 0.236 e.